The van der Waals surface area contributed by atoms with E-state index in [4.69, 9.17) is 0 Å². The number of nitrogens with one attached hydrogen (secondary N) is 2. The van der Waals surface area contributed by atoms with Crippen LogP contribution < -0.4 is 10.6 Å². The number of carbonyl (C=O) groups is 2. The summed E-state index contributed by atoms with van der Waals surface area (Å²) in [6.07, 6.45) is 1.64. The molecule has 8 nitrogen and oxygen atoms in total. The van der Waals surface area contributed by atoms with Gasteiger partial charge in [-0.2, -0.15) is 10.2 Å². The van der Waals surface area contributed by atoms with Crippen LogP contribution in [-0.2, 0) is 17.9 Å². The number of hydrogen-bond acceptors (Lipinski definition) is 4. The van der Waals surface area contributed by atoms with Crippen LogP contribution in [0.1, 0.15) is 28.8 Å². The highest BCUT2D eigenvalue weighted by Crippen LogP contribution is 2.14. The van der Waals surface area contributed by atoms with Crippen molar-refractivity contribution in [3.63, 3.8) is 0 Å². The van der Waals surface area contributed by atoms with E-state index in [0.29, 0.717) is 12.2 Å². The molecule has 118 valence electrons. The van der Waals surface area contributed by atoms with Crippen molar-refractivity contribution in [3.05, 3.63) is 29.3 Å². The van der Waals surface area contributed by atoms with Gasteiger partial charge in [0, 0.05) is 25.5 Å². The molecule has 0 aromatic carbocycles. The largest absolute Gasteiger partial charge is 0.354 e. The Labute approximate surface area is 128 Å². The van der Waals surface area contributed by atoms with E-state index in [1.165, 1.54) is 7.05 Å². The van der Waals surface area contributed by atoms with Gasteiger partial charge in [-0.05, 0) is 26.8 Å². The van der Waals surface area contributed by atoms with E-state index >= 15 is 0 Å². The molecule has 0 spiro atoms. The summed E-state index contributed by atoms with van der Waals surface area (Å²) in [5, 5.41) is 13.6. The molecule has 2 aromatic rings. The minimum absolute atomic E-state index is 0.0875. The van der Waals surface area contributed by atoms with Crippen molar-refractivity contribution >= 4 is 17.5 Å². The van der Waals surface area contributed by atoms with Crippen molar-refractivity contribution in [2.75, 3.05) is 12.4 Å². The summed E-state index contributed by atoms with van der Waals surface area (Å²) in [7, 11) is 1.52. The number of carbonyl (C=O) groups excluding carboxylic acids is 2. The van der Waals surface area contributed by atoms with Crippen LogP contribution in [0.5, 0.6) is 0 Å². The monoisotopic (exact) mass is 304 g/mol. The second-order valence-corrected chi connectivity index (χ2v) is 4.96. The Bertz CT molecular complexity index is 700. The Balaban J connectivity index is 2.15. The summed E-state index contributed by atoms with van der Waals surface area (Å²) < 4.78 is 3.22. The van der Waals surface area contributed by atoms with E-state index in [2.05, 4.69) is 20.8 Å². The molecule has 0 aliphatic rings. The summed E-state index contributed by atoms with van der Waals surface area (Å²) in [4.78, 5) is 24.0. The van der Waals surface area contributed by atoms with Crippen LogP contribution in [0, 0.1) is 13.8 Å². The van der Waals surface area contributed by atoms with Crippen LogP contribution >= 0.6 is 0 Å². The van der Waals surface area contributed by atoms with Crippen LogP contribution in [0.25, 0.3) is 0 Å². The average Bonchev–Trinajstić information content (AvgIpc) is 3.01. The Morgan fingerprint density at radius 1 is 1.27 bits per heavy atom. The van der Waals surface area contributed by atoms with Crippen molar-refractivity contribution in [2.45, 2.75) is 33.9 Å². The number of anilines is 1. The van der Waals surface area contributed by atoms with Gasteiger partial charge in [0.1, 0.15) is 6.54 Å². The predicted octanol–water partition coefficient (Wildman–Crippen LogP) is 0.715. The molecule has 2 rings (SSSR count). The molecule has 2 N–H and O–H groups in total. The van der Waals surface area contributed by atoms with E-state index in [0.717, 1.165) is 11.4 Å². The SMILES string of the molecule is CCn1cc(NC(=O)Cn2nc(C)cc2C)c(C(=O)NC)n1. The highest BCUT2D eigenvalue weighted by molar-refractivity contribution is 6.02. The van der Waals surface area contributed by atoms with Gasteiger partial charge in [0.15, 0.2) is 5.69 Å². The molecule has 0 aliphatic heterocycles. The molecule has 0 atom stereocenters. The fourth-order valence-electron chi connectivity index (χ4n) is 2.12. The van der Waals surface area contributed by atoms with Crippen molar-refractivity contribution in [3.8, 4) is 0 Å². The summed E-state index contributed by atoms with van der Waals surface area (Å²) in [5.41, 5.74) is 2.36. The maximum atomic E-state index is 12.2. The van der Waals surface area contributed by atoms with Gasteiger partial charge >= 0.3 is 0 Å². The van der Waals surface area contributed by atoms with Crippen molar-refractivity contribution in [1.82, 2.24) is 24.9 Å². The first-order valence-corrected chi connectivity index (χ1v) is 7.05. The fraction of sp³-hybridized carbons (Fsp3) is 0.429. The predicted molar refractivity (Wildman–Crippen MR) is 81.6 cm³/mol. The van der Waals surface area contributed by atoms with Gasteiger partial charge in [-0.25, -0.2) is 0 Å². The second-order valence-electron chi connectivity index (χ2n) is 4.96. The standard InChI is InChI=1S/C14H20N6O2/c1-5-19-7-11(13(18-19)14(22)15-4)16-12(21)8-20-10(3)6-9(2)17-20/h6-7H,5,8H2,1-4H3,(H,15,22)(H,16,21). The van der Waals surface area contributed by atoms with Crippen molar-refractivity contribution in [2.24, 2.45) is 0 Å². The zero-order chi connectivity index (χ0) is 16.3. The normalized spacial score (nSPS) is 10.5. The molecule has 0 saturated heterocycles. The molecule has 2 aromatic heterocycles. The maximum absolute atomic E-state index is 12.2. The molecule has 0 saturated carbocycles. The lowest BCUT2D eigenvalue weighted by atomic mass is 10.3. The van der Waals surface area contributed by atoms with Crippen LogP contribution in [-0.4, -0.2) is 38.4 Å². The Kier molecular flexibility index (Phi) is 4.59. The Morgan fingerprint density at radius 3 is 2.55 bits per heavy atom. The van der Waals surface area contributed by atoms with Crippen LogP contribution in [0.15, 0.2) is 12.3 Å². The van der Waals surface area contributed by atoms with Gasteiger partial charge in [-0.15, -0.1) is 0 Å². The molecule has 8 heteroatoms. The number of amides is 2. The highest BCUT2D eigenvalue weighted by atomic mass is 16.2. The first-order valence-electron chi connectivity index (χ1n) is 7.05. The minimum atomic E-state index is -0.339. The second kappa shape index (κ2) is 6.42. The van der Waals surface area contributed by atoms with Gasteiger partial charge in [0.2, 0.25) is 5.91 Å². The number of aryl methyl sites for hydroxylation is 3. The number of rotatable bonds is 5. The van der Waals surface area contributed by atoms with Gasteiger partial charge in [-0.1, -0.05) is 0 Å². The van der Waals surface area contributed by atoms with E-state index < -0.39 is 0 Å². The Morgan fingerprint density at radius 2 is 2.00 bits per heavy atom. The molecule has 0 fully saturated rings. The van der Waals surface area contributed by atoms with Crippen LogP contribution in [0.2, 0.25) is 0 Å². The molecular formula is C14H20N6O2. The van der Waals surface area contributed by atoms with Crippen molar-refractivity contribution in [1.29, 1.82) is 0 Å². The lowest BCUT2D eigenvalue weighted by molar-refractivity contribution is -0.116. The number of hydrogen-bond donors (Lipinski definition) is 2. The first-order chi connectivity index (χ1) is 10.4. The lowest BCUT2D eigenvalue weighted by Gasteiger charge is -2.06. The average molecular weight is 304 g/mol. The zero-order valence-electron chi connectivity index (χ0n) is 13.2. The Hall–Kier alpha value is -2.64. The third-order valence-electron chi connectivity index (χ3n) is 3.20. The molecule has 0 bridgehead atoms. The van der Waals surface area contributed by atoms with Gasteiger partial charge < -0.3 is 10.6 Å². The third kappa shape index (κ3) is 3.33. The third-order valence-corrected chi connectivity index (χ3v) is 3.20. The van der Waals surface area contributed by atoms with E-state index in [9.17, 15) is 9.59 Å². The van der Waals surface area contributed by atoms with E-state index in [-0.39, 0.29) is 24.1 Å². The van der Waals surface area contributed by atoms with Gasteiger partial charge in [-0.3, -0.25) is 19.0 Å². The molecule has 0 aliphatic carbocycles. The minimum Gasteiger partial charge on any atom is -0.354 e. The molecule has 22 heavy (non-hydrogen) atoms. The quantitative estimate of drug-likeness (QED) is 0.851. The lowest BCUT2D eigenvalue weighted by Crippen LogP contribution is -2.24. The molecule has 0 unspecified atom stereocenters. The van der Waals surface area contributed by atoms with Crippen LogP contribution in [0.4, 0.5) is 5.69 Å². The highest BCUT2D eigenvalue weighted by Gasteiger charge is 2.18. The molecule has 2 heterocycles. The molecule has 0 radical (unpaired) electrons. The maximum Gasteiger partial charge on any atom is 0.273 e. The summed E-state index contributed by atoms with van der Waals surface area (Å²) in [5.74, 6) is -0.597. The number of aromatic nitrogens is 4. The topological polar surface area (TPSA) is 93.8 Å². The van der Waals surface area contributed by atoms with E-state index in [1.807, 2.05) is 26.8 Å². The van der Waals surface area contributed by atoms with E-state index in [1.54, 1.807) is 15.6 Å². The zero-order valence-corrected chi connectivity index (χ0v) is 13.2. The molecular weight excluding hydrogens is 284 g/mol. The van der Waals surface area contributed by atoms with Crippen molar-refractivity contribution < 1.29 is 9.59 Å². The summed E-state index contributed by atoms with van der Waals surface area (Å²) >= 11 is 0. The summed E-state index contributed by atoms with van der Waals surface area (Å²) in [6, 6.07) is 1.90. The van der Waals surface area contributed by atoms with Crippen LogP contribution in [0.3, 0.4) is 0 Å². The number of nitrogens with zero attached hydrogens (tertiary/aromatic N) is 4. The summed E-state index contributed by atoms with van der Waals surface area (Å²) in [6.45, 7) is 6.36. The smallest absolute Gasteiger partial charge is 0.273 e. The van der Waals surface area contributed by atoms with Gasteiger partial charge in [0.25, 0.3) is 5.91 Å². The fourth-order valence-corrected chi connectivity index (χ4v) is 2.12. The van der Waals surface area contributed by atoms with Gasteiger partial charge in [0.05, 0.1) is 11.4 Å². The molecule has 2 amide bonds. The first kappa shape index (κ1) is 15.7.